The van der Waals surface area contributed by atoms with Crippen LogP contribution in [0.15, 0.2) is 30.3 Å². The molecule has 0 spiro atoms. The van der Waals surface area contributed by atoms with Gasteiger partial charge in [0.15, 0.2) is 0 Å². The summed E-state index contributed by atoms with van der Waals surface area (Å²) < 4.78 is 0. The van der Waals surface area contributed by atoms with E-state index in [1.54, 1.807) is 25.1 Å². The van der Waals surface area contributed by atoms with Gasteiger partial charge in [0.25, 0.3) is 5.91 Å². The highest BCUT2D eigenvalue weighted by Crippen LogP contribution is 2.19. The zero-order valence-corrected chi connectivity index (χ0v) is 15.1. The molecule has 2 aromatic rings. The number of nitrogens with zero attached hydrogens (tertiary/aromatic N) is 3. The van der Waals surface area contributed by atoms with Crippen molar-refractivity contribution < 1.29 is 9.59 Å². The fraction of sp³-hybridized carbons (Fsp3) is 0.368. The number of anilines is 3. The van der Waals surface area contributed by atoms with E-state index in [1.807, 2.05) is 17.0 Å². The predicted octanol–water partition coefficient (Wildman–Crippen LogP) is 3.11. The van der Waals surface area contributed by atoms with Crippen LogP contribution in [-0.2, 0) is 4.79 Å². The Hall–Kier alpha value is -2.96. The largest absolute Gasteiger partial charge is 0.340 e. The first-order chi connectivity index (χ1) is 12.5. The normalized spacial score (nSPS) is 14.0. The van der Waals surface area contributed by atoms with E-state index >= 15 is 0 Å². The van der Waals surface area contributed by atoms with Crippen molar-refractivity contribution in [3.8, 4) is 0 Å². The number of aryl methyl sites for hydroxylation is 1. The fourth-order valence-electron chi connectivity index (χ4n) is 2.99. The van der Waals surface area contributed by atoms with Gasteiger partial charge >= 0.3 is 0 Å². The van der Waals surface area contributed by atoms with E-state index in [2.05, 4.69) is 20.6 Å². The summed E-state index contributed by atoms with van der Waals surface area (Å²) in [4.78, 5) is 34.3. The van der Waals surface area contributed by atoms with E-state index in [9.17, 15) is 9.59 Å². The van der Waals surface area contributed by atoms with Crippen molar-refractivity contribution in [1.29, 1.82) is 0 Å². The Morgan fingerprint density at radius 3 is 2.31 bits per heavy atom. The molecule has 0 aliphatic carbocycles. The molecule has 1 aliphatic rings. The number of hydrogen-bond acceptors (Lipinski definition) is 5. The Morgan fingerprint density at radius 2 is 1.65 bits per heavy atom. The summed E-state index contributed by atoms with van der Waals surface area (Å²) in [5.74, 6) is 0.965. The zero-order chi connectivity index (χ0) is 18.5. The molecule has 2 heterocycles. The van der Waals surface area contributed by atoms with Crippen molar-refractivity contribution in [1.82, 2.24) is 14.9 Å². The van der Waals surface area contributed by atoms with Gasteiger partial charge in [-0.05, 0) is 50.5 Å². The van der Waals surface area contributed by atoms with Gasteiger partial charge in [-0.3, -0.25) is 9.59 Å². The average Bonchev–Trinajstić information content (AvgIpc) is 2.62. The van der Waals surface area contributed by atoms with Crippen LogP contribution in [0.1, 0.15) is 42.5 Å². The van der Waals surface area contributed by atoms with Crippen LogP contribution in [0.2, 0.25) is 0 Å². The van der Waals surface area contributed by atoms with Crippen LogP contribution in [-0.4, -0.2) is 39.8 Å². The van der Waals surface area contributed by atoms with Crippen molar-refractivity contribution in [2.45, 2.75) is 33.1 Å². The molecule has 0 radical (unpaired) electrons. The van der Waals surface area contributed by atoms with Gasteiger partial charge in [0.05, 0.1) is 0 Å². The molecule has 2 N–H and O–H groups in total. The summed E-state index contributed by atoms with van der Waals surface area (Å²) in [6, 6.07) is 8.98. The minimum atomic E-state index is -0.113. The third-order valence-electron chi connectivity index (χ3n) is 4.18. The Kier molecular flexibility index (Phi) is 5.46. The summed E-state index contributed by atoms with van der Waals surface area (Å²) in [6.07, 6.45) is 3.26. The highest BCUT2D eigenvalue weighted by molar-refractivity contribution is 5.93. The lowest BCUT2D eigenvalue weighted by Crippen LogP contribution is -2.36. The number of likely N-dealkylation sites (tertiary alicyclic amines) is 1. The maximum atomic E-state index is 12.7. The second-order valence-corrected chi connectivity index (χ2v) is 6.42. The predicted molar refractivity (Wildman–Crippen MR) is 101 cm³/mol. The first kappa shape index (κ1) is 17.8. The molecule has 26 heavy (non-hydrogen) atoms. The Morgan fingerprint density at radius 1 is 1.00 bits per heavy atom. The van der Waals surface area contributed by atoms with E-state index in [0.29, 0.717) is 17.3 Å². The minimum absolute atomic E-state index is 0.0424. The minimum Gasteiger partial charge on any atom is -0.340 e. The molecule has 0 unspecified atom stereocenters. The number of aromatic nitrogens is 2. The molecule has 1 fully saturated rings. The zero-order valence-electron chi connectivity index (χ0n) is 15.1. The number of carbonyl (C=O) groups excluding carboxylic acids is 2. The molecule has 1 aromatic carbocycles. The van der Waals surface area contributed by atoms with Crippen molar-refractivity contribution in [2.24, 2.45) is 0 Å². The molecule has 2 amide bonds. The topological polar surface area (TPSA) is 87.2 Å². The monoisotopic (exact) mass is 353 g/mol. The first-order valence-electron chi connectivity index (χ1n) is 8.81. The second kappa shape index (κ2) is 7.95. The van der Waals surface area contributed by atoms with E-state index in [0.717, 1.165) is 37.3 Å². The lowest BCUT2D eigenvalue weighted by Gasteiger charge is -2.26. The van der Waals surface area contributed by atoms with Crippen molar-refractivity contribution in [2.75, 3.05) is 23.7 Å². The summed E-state index contributed by atoms with van der Waals surface area (Å²) in [7, 11) is 0. The number of piperidine rings is 1. The van der Waals surface area contributed by atoms with E-state index in [1.165, 1.54) is 13.3 Å². The quantitative estimate of drug-likeness (QED) is 0.882. The van der Waals surface area contributed by atoms with Gasteiger partial charge in [-0.1, -0.05) is 0 Å². The first-order valence-corrected chi connectivity index (χ1v) is 8.81. The van der Waals surface area contributed by atoms with Gasteiger partial charge in [0.2, 0.25) is 5.91 Å². The third-order valence-corrected chi connectivity index (χ3v) is 4.18. The van der Waals surface area contributed by atoms with Gasteiger partial charge in [-0.25, -0.2) is 9.97 Å². The maximum Gasteiger partial charge on any atom is 0.272 e. The highest BCUT2D eigenvalue weighted by atomic mass is 16.2. The number of amides is 2. The van der Waals surface area contributed by atoms with Gasteiger partial charge in [0, 0.05) is 37.5 Å². The van der Waals surface area contributed by atoms with Gasteiger partial charge in [-0.2, -0.15) is 0 Å². The third kappa shape index (κ3) is 4.56. The Balaban J connectivity index is 1.74. The van der Waals surface area contributed by atoms with Crippen LogP contribution in [0.4, 0.5) is 17.2 Å². The van der Waals surface area contributed by atoms with Crippen LogP contribution in [0, 0.1) is 6.92 Å². The van der Waals surface area contributed by atoms with E-state index < -0.39 is 0 Å². The maximum absolute atomic E-state index is 12.7. The molecule has 136 valence electrons. The van der Waals surface area contributed by atoms with E-state index in [-0.39, 0.29) is 11.8 Å². The SMILES string of the molecule is CC(=O)Nc1ccc(Nc2cc(C(=O)N3CCCCC3)nc(C)n2)cc1. The fourth-order valence-corrected chi connectivity index (χ4v) is 2.99. The highest BCUT2D eigenvalue weighted by Gasteiger charge is 2.20. The molecule has 1 aliphatic heterocycles. The Bertz CT molecular complexity index is 798. The van der Waals surface area contributed by atoms with Gasteiger partial charge in [0.1, 0.15) is 17.3 Å². The number of benzene rings is 1. The molecule has 1 aromatic heterocycles. The number of rotatable bonds is 4. The number of hydrogen-bond donors (Lipinski definition) is 2. The van der Waals surface area contributed by atoms with Crippen molar-refractivity contribution in [3.05, 3.63) is 41.9 Å². The molecular formula is C19H23N5O2. The molecule has 7 heteroatoms. The van der Waals surface area contributed by atoms with Crippen LogP contribution in [0.25, 0.3) is 0 Å². The van der Waals surface area contributed by atoms with Crippen LogP contribution < -0.4 is 10.6 Å². The number of carbonyl (C=O) groups is 2. The van der Waals surface area contributed by atoms with Crippen molar-refractivity contribution >= 4 is 29.0 Å². The summed E-state index contributed by atoms with van der Waals surface area (Å²) >= 11 is 0. The summed E-state index contributed by atoms with van der Waals surface area (Å²) in [5, 5.41) is 5.91. The molecular weight excluding hydrogens is 330 g/mol. The molecule has 0 atom stereocenters. The van der Waals surface area contributed by atoms with Crippen molar-refractivity contribution in [3.63, 3.8) is 0 Å². The van der Waals surface area contributed by atoms with Crippen LogP contribution in [0.3, 0.4) is 0 Å². The standard InChI is InChI=1S/C19H23N5O2/c1-13-20-17(19(26)24-10-4-3-5-11-24)12-18(21-13)23-16-8-6-15(7-9-16)22-14(2)25/h6-9,12H,3-5,10-11H2,1-2H3,(H,22,25)(H,20,21,23). The lowest BCUT2D eigenvalue weighted by atomic mass is 10.1. The molecule has 0 saturated carbocycles. The second-order valence-electron chi connectivity index (χ2n) is 6.42. The number of nitrogens with one attached hydrogen (secondary N) is 2. The smallest absolute Gasteiger partial charge is 0.272 e. The molecule has 0 bridgehead atoms. The van der Waals surface area contributed by atoms with Crippen LogP contribution >= 0.6 is 0 Å². The van der Waals surface area contributed by atoms with E-state index in [4.69, 9.17) is 0 Å². The average molecular weight is 353 g/mol. The lowest BCUT2D eigenvalue weighted by molar-refractivity contribution is -0.114. The Labute approximate surface area is 152 Å². The molecule has 1 saturated heterocycles. The van der Waals surface area contributed by atoms with Gasteiger partial charge in [-0.15, -0.1) is 0 Å². The van der Waals surface area contributed by atoms with Gasteiger partial charge < -0.3 is 15.5 Å². The summed E-state index contributed by atoms with van der Waals surface area (Å²) in [5.41, 5.74) is 1.95. The molecule has 7 nitrogen and oxygen atoms in total. The molecule has 3 rings (SSSR count). The van der Waals surface area contributed by atoms with Crippen LogP contribution in [0.5, 0.6) is 0 Å². The summed E-state index contributed by atoms with van der Waals surface area (Å²) in [6.45, 7) is 4.82.